The molecule has 0 unspecified atom stereocenters. The molecule has 1 aliphatic rings. The van der Waals surface area contributed by atoms with Crippen molar-refractivity contribution in [3.05, 3.63) is 23.8 Å². The zero-order valence-corrected chi connectivity index (χ0v) is 13.3. The van der Waals surface area contributed by atoms with Crippen LogP contribution < -0.4 is 10.1 Å². The van der Waals surface area contributed by atoms with Gasteiger partial charge in [0.15, 0.2) is 0 Å². The number of hydrogen-bond donors (Lipinski definition) is 2. The van der Waals surface area contributed by atoms with Gasteiger partial charge in [-0.15, -0.1) is 0 Å². The number of methoxy groups -OCH3 is 1. The predicted molar refractivity (Wildman–Crippen MR) is 84.3 cm³/mol. The minimum Gasteiger partial charge on any atom is -0.496 e. The summed E-state index contributed by atoms with van der Waals surface area (Å²) in [4.78, 5) is 23.7. The highest BCUT2D eigenvalue weighted by atomic mass is 16.5. The van der Waals surface area contributed by atoms with Gasteiger partial charge in [0.25, 0.3) is 0 Å². The Balaban J connectivity index is 2.16. The molecule has 5 heteroatoms. The van der Waals surface area contributed by atoms with Crippen molar-refractivity contribution in [2.24, 2.45) is 11.3 Å². The number of carboxylic acids is 1. The van der Waals surface area contributed by atoms with Gasteiger partial charge in [-0.25, -0.2) is 4.79 Å². The summed E-state index contributed by atoms with van der Waals surface area (Å²) in [5.41, 5.74) is 0.198. The molecule has 0 bridgehead atoms. The van der Waals surface area contributed by atoms with Crippen molar-refractivity contribution in [3.8, 4) is 5.75 Å². The number of amides is 1. The molecule has 0 radical (unpaired) electrons. The lowest BCUT2D eigenvalue weighted by atomic mass is 9.77. The van der Waals surface area contributed by atoms with Crippen molar-refractivity contribution in [1.82, 2.24) is 0 Å². The second kappa shape index (κ2) is 6.38. The lowest BCUT2D eigenvalue weighted by Gasteiger charge is -2.30. The van der Waals surface area contributed by atoms with E-state index in [4.69, 9.17) is 9.84 Å². The first-order valence-corrected chi connectivity index (χ1v) is 7.59. The van der Waals surface area contributed by atoms with E-state index in [0.717, 1.165) is 12.8 Å². The van der Waals surface area contributed by atoms with Crippen LogP contribution in [0.1, 0.15) is 49.9 Å². The minimum absolute atomic E-state index is 0.0375. The van der Waals surface area contributed by atoms with E-state index >= 15 is 0 Å². The third-order valence-corrected chi connectivity index (χ3v) is 4.65. The molecule has 0 aromatic heterocycles. The van der Waals surface area contributed by atoms with Crippen molar-refractivity contribution >= 4 is 17.6 Å². The van der Waals surface area contributed by atoms with Crippen LogP contribution in [0.4, 0.5) is 5.69 Å². The number of carbonyl (C=O) groups excluding carboxylic acids is 1. The number of ether oxygens (including phenoxy) is 1. The number of carbonyl (C=O) groups is 2. The van der Waals surface area contributed by atoms with Gasteiger partial charge in [0.2, 0.25) is 5.91 Å². The maximum Gasteiger partial charge on any atom is 0.339 e. The number of hydrogen-bond acceptors (Lipinski definition) is 3. The van der Waals surface area contributed by atoms with Crippen LogP contribution in [0.2, 0.25) is 0 Å². The molecule has 22 heavy (non-hydrogen) atoms. The Morgan fingerprint density at radius 2 is 1.91 bits per heavy atom. The van der Waals surface area contributed by atoms with Gasteiger partial charge in [-0.3, -0.25) is 4.79 Å². The average molecular weight is 305 g/mol. The first-order valence-electron chi connectivity index (χ1n) is 7.59. The summed E-state index contributed by atoms with van der Waals surface area (Å²) in [6, 6.07) is 4.58. The van der Waals surface area contributed by atoms with Crippen LogP contribution in [0.5, 0.6) is 5.75 Å². The zero-order valence-electron chi connectivity index (χ0n) is 13.3. The largest absolute Gasteiger partial charge is 0.496 e. The Kier molecular flexibility index (Phi) is 4.74. The van der Waals surface area contributed by atoms with Crippen molar-refractivity contribution in [2.45, 2.75) is 39.5 Å². The van der Waals surface area contributed by atoms with Crippen LogP contribution in [0.15, 0.2) is 18.2 Å². The maximum atomic E-state index is 12.6. The molecule has 1 saturated carbocycles. The Morgan fingerprint density at radius 1 is 1.27 bits per heavy atom. The molecule has 1 amide bonds. The van der Waals surface area contributed by atoms with E-state index in [-0.39, 0.29) is 17.2 Å². The Hall–Kier alpha value is -2.04. The molecule has 0 heterocycles. The van der Waals surface area contributed by atoms with Gasteiger partial charge in [0, 0.05) is 17.2 Å². The second-order valence-corrected chi connectivity index (χ2v) is 6.38. The van der Waals surface area contributed by atoms with Crippen LogP contribution in [0.3, 0.4) is 0 Å². The Labute approximate surface area is 130 Å². The van der Waals surface area contributed by atoms with Crippen molar-refractivity contribution in [3.63, 3.8) is 0 Å². The first-order chi connectivity index (χ1) is 10.4. The van der Waals surface area contributed by atoms with Crippen molar-refractivity contribution in [1.29, 1.82) is 0 Å². The Morgan fingerprint density at radius 3 is 2.45 bits per heavy atom. The van der Waals surface area contributed by atoms with Crippen molar-refractivity contribution < 1.29 is 19.4 Å². The highest BCUT2D eigenvalue weighted by Crippen LogP contribution is 2.40. The number of benzene rings is 1. The number of rotatable bonds is 5. The van der Waals surface area contributed by atoms with Crippen LogP contribution >= 0.6 is 0 Å². The number of anilines is 1. The molecule has 0 atom stereocenters. The average Bonchev–Trinajstić information content (AvgIpc) is 3.01. The quantitative estimate of drug-likeness (QED) is 0.872. The van der Waals surface area contributed by atoms with E-state index < -0.39 is 11.4 Å². The maximum absolute atomic E-state index is 12.6. The van der Waals surface area contributed by atoms with E-state index in [9.17, 15) is 9.59 Å². The smallest absolute Gasteiger partial charge is 0.339 e. The standard InChI is InChI=1S/C17H23NO4/c1-17(2,11-6-4-5-7-11)16(21)18-12-8-9-13(15(19)20)14(10-12)22-3/h8-11H,4-7H2,1-3H3,(H,18,21)(H,19,20). The predicted octanol–water partition coefficient (Wildman–Crippen LogP) is 3.55. The fraction of sp³-hybridized carbons (Fsp3) is 0.529. The summed E-state index contributed by atoms with van der Waals surface area (Å²) < 4.78 is 5.08. The van der Waals surface area contributed by atoms with Crippen LogP contribution in [0.25, 0.3) is 0 Å². The zero-order chi connectivity index (χ0) is 16.3. The highest BCUT2D eigenvalue weighted by Gasteiger charge is 2.38. The summed E-state index contributed by atoms with van der Waals surface area (Å²) in [7, 11) is 1.41. The molecular weight excluding hydrogens is 282 g/mol. The lowest BCUT2D eigenvalue weighted by molar-refractivity contribution is -0.126. The van der Waals surface area contributed by atoms with E-state index in [1.54, 1.807) is 12.1 Å². The fourth-order valence-corrected chi connectivity index (χ4v) is 3.07. The van der Waals surface area contributed by atoms with Crippen molar-refractivity contribution in [2.75, 3.05) is 12.4 Å². The third-order valence-electron chi connectivity index (χ3n) is 4.65. The summed E-state index contributed by atoms with van der Waals surface area (Å²) in [5, 5.41) is 12.0. The van der Waals surface area contributed by atoms with Gasteiger partial charge < -0.3 is 15.2 Å². The molecule has 0 spiro atoms. The van der Waals surface area contributed by atoms with Crippen LogP contribution in [0, 0.1) is 11.3 Å². The second-order valence-electron chi connectivity index (χ2n) is 6.38. The minimum atomic E-state index is -1.05. The first kappa shape index (κ1) is 16.3. The molecule has 0 aliphatic heterocycles. The molecule has 0 saturated heterocycles. The number of carboxylic acid groups (broad SMARTS) is 1. The van der Waals surface area contributed by atoms with Gasteiger partial charge >= 0.3 is 5.97 Å². The lowest BCUT2D eigenvalue weighted by Crippen LogP contribution is -2.36. The molecular formula is C17H23NO4. The fourth-order valence-electron chi connectivity index (χ4n) is 3.07. The molecule has 1 aromatic rings. The Bertz CT molecular complexity index is 574. The molecule has 2 rings (SSSR count). The SMILES string of the molecule is COc1cc(NC(=O)C(C)(C)C2CCCC2)ccc1C(=O)O. The van der Waals surface area contributed by atoms with Crippen LogP contribution in [-0.2, 0) is 4.79 Å². The van der Waals surface area contributed by atoms with Gasteiger partial charge in [-0.2, -0.15) is 0 Å². The third kappa shape index (κ3) is 3.24. The molecule has 1 fully saturated rings. The van der Waals surface area contributed by atoms with Gasteiger partial charge in [0.05, 0.1) is 7.11 Å². The summed E-state index contributed by atoms with van der Waals surface area (Å²) in [5.74, 6) is -0.456. The summed E-state index contributed by atoms with van der Waals surface area (Å²) in [6.07, 6.45) is 4.54. The highest BCUT2D eigenvalue weighted by molar-refractivity contribution is 5.97. The summed E-state index contributed by atoms with van der Waals surface area (Å²) >= 11 is 0. The normalized spacial score (nSPS) is 15.6. The molecule has 1 aromatic carbocycles. The van der Waals surface area contributed by atoms with Gasteiger partial charge in [-0.1, -0.05) is 26.7 Å². The van der Waals surface area contributed by atoms with E-state index in [2.05, 4.69) is 5.32 Å². The molecule has 120 valence electrons. The van der Waals surface area contributed by atoms with Gasteiger partial charge in [-0.05, 0) is 30.9 Å². The van der Waals surface area contributed by atoms with E-state index in [0.29, 0.717) is 11.6 Å². The van der Waals surface area contributed by atoms with E-state index in [1.165, 1.54) is 26.0 Å². The van der Waals surface area contributed by atoms with E-state index in [1.807, 2.05) is 13.8 Å². The van der Waals surface area contributed by atoms with Crippen LogP contribution in [-0.4, -0.2) is 24.1 Å². The topological polar surface area (TPSA) is 75.6 Å². The monoisotopic (exact) mass is 305 g/mol. The molecule has 5 nitrogen and oxygen atoms in total. The van der Waals surface area contributed by atoms with Gasteiger partial charge in [0.1, 0.15) is 11.3 Å². The number of aromatic carboxylic acids is 1. The molecule has 2 N–H and O–H groups in total. The summed E-state index contributed by atoms with van der Waals surface area (Å²) in [6.45, 7) is 3.95. The molecule has 1 aliphatic carbocycles. The number of nitrogens with one attached hydrogen (secondary N) is 1.